The number of carbonyl (C=O) groups is 1. The fraction of sp³-hybridized carbons (Fsp3) is 0.294. The molecule has 1 N–H and O–H groups in total. The molecule has 0 radical (unpaired) electrons. The standard InChI is InChI=1S/C17H20N6OS/c1-11-15(12(2)23(4)21-11)9-16(24)19-13-5-7-14(8-6-13)25-17-20-18-10-22(17)3/h5-8,10H,9H2,1-4H3,(H,19,24). The third-order valence-corrected chi connectivity index (χ3v) is 5.07. The van der Waals surface area contributed by atoms with Gasteiger partial charge < -0.3 is 9.88 Å². The summed E-state index contributed by atoms with van der Waals surface area (Å²) in [5.41, 5.74) is 3.66. The van der Waals surface area contributed by atoms with E-state index in [0.717, 1.165) is 32.7 Å². The Morgan fingerprint density at radius 2 is 1.92 bits per heavy atom. The van der Waals surface area contributed by atoms with Crippen LogP contribution in [0.15, 0.2) is 40.6 Å². The molecular formula is C17H20N6OS. The molecule has 3 rings (SSSR count). The molecule has 0 saturated heterocycles. The second-order valence-electron chi connectivity index (χ2n) is 5.85. The van der Waals surface area contributed by atoms with Crippen molar-refractivity contribution in [3.05, 3.63) is 47.5 Å². The van der Waals surface area contributed by atoms with E-state index >= 15 is 0 Å². The fourth-order valence-corrected chi connectivity index (χ4v) is 3.28. The number of amides is 1. The van der Waals surface area contributed by atoms with Crippen LogP contribution in [-0.2, 0) is 25.3 Å². The van der Waals surface area contributed by atoms with Crippen molar-refractivity contribution in [2.45, 2.75) is 30.3 Å². The lowest BCUT2D eigenvalue weighted by atomic mass is 10.1. The van der Waals surface area contributed by atoms with E-state index in [1.54, 1.807) is 11.0 Å². The Bertz CT molecular complexity index is 897. The lowest BCUT2D eigenvalue weighted by Gasteiger charge is -2.07. The maximum atomic E-state index is 12.3. The van der Waals surface area contributed by atoms with E-state index in [2.05, 4.69) is 20.6 Å². The second kappa shape index (κ2) is 7.10. The molecule has 0 aliphatic rings. The minimum absolute atomic E-state index is 0.0482. The average molecular weight is 356 g/mol. The van der Waals surface area contributed by atoms with Gasteiger partial charge in [0.05, 0.1) is 12.1 Å². The zero-order valence-corrected chi connectivity index (χ0v) is 15.5. The Kier molecular flexibility index (Phi) is 4.89. The normalized spacial score (nSPS) is 10.9. The van der Waals surface area contributed by atoms with E-state index in [1.807, 2.05) is 56.8 Å². The zero-order valence-electron chi connectivity index (χ0n) is 14.6. The SMILES string of the molecule is Cc1nn(C)c(C)c1CC(=O)Nc1ccc(Sc2nncn2C)cc1. The number of carbonyl (C=O) groups excluding carboxylic acids is 1. The summed E-state index contributed by atoms with van der Waals surface area (Å²) >= 11 is 1.52. The molecule has 0 spiro atoms. The van der Waals surface area contributed by atoms with Crippen LogP contribution in [0.2, 0.25) is 0 Å². The maximum Gasteiger partial charge on any atom is 0.228 e. The molecule has 7 nitrogen and oxygen atoms in total. The molecule has 130 valence electrons. The Morgan fingerprint density at radius 3 is 2.48 bits per heavy atom. The molecule has 0 saturated carbocycles. The maximum absolute atomic E-state index is 12.3. The van der Waals surface area contributed by atoms with Crippen molar-refractivity contribution in [2.24, 2.45) is 14.1 Å². The van der Waals surface area contributed by atoms with E-state index in [9.17, 15) is 4.79 Å². The first-order chi connectivity index (χ1) is 11.9. The van der Waals surface area contributed by atoms with Gasteiger partial charge in [0.2, 0.25) is 5.91 Å². The Labute approximate surface area is 150 Å². The number of aryl methyl sites for hydroxylation is 3. The summed E-state index contributed by atoms with van der Waals surface area (Å²) in [5, 5.41) is 16.0. The molecule has 1 amide bonds. The van der Waals surface area contributed by atoms with Crippen molar-refractivity contribution in [1.82, 2.24) is 24.5 Å². The third-order valence-electron chi connectivity index (χ3n) is 4.01. The summed E-state index contributed by atoms with van der Waals surface area (Å²) in [4.78, 5) is 13.3. The molecule has 0 fully saturated rings. The van der Waals surface area contributed by atoms with Crippen molar-refractivity contribution >= 4 is 23.4 Å². The van der Waals surface area contributed by atoms with Crippen LogP contribution in [0.5, 0.6) is 0 Å². The van der Waals surface area contributed by atoms with Gasteiger partial charge in [0.15, 0.2) is 5.16 Å². The fourth-order valence-electron chi connectivity index (χ4n) is 2.52. The van der Waals surface area contributed by atoms with Gasteiger partial charge in [0.25, 0.3) is 0 Å². The van der Waals surface area contributed by atoms with Crippen molar-refractivity contribution < 1.29 is 4.79 Å². The van der Waals surface area contributed by atoms with Crippen LogP contribution in [0, 0.1) is 13.8 Å². The summed E-state index contributed by atoms with van der Waals surface area (Å²) in [5.74, 6) is -0.0482. The largest absolute Gasteiger partial charge is 0.326 e. The number of hydrogen-bond donors (Lipinski definition) is 1. The first-order valence-electron chi connectivity index (χ1n) is 7.85. The van der Waals surface area contributed by atoms with Crippen LogP contribution in [0.25, 0.3) is 0 Å². The van der Waals surface area contributed by atoms with E-state index in [4.69, 9.17) is 0 Å². The van der Waals surface area contributed by atoms with E-state index in [-0.39, 0.29) is 5.91 Å². The van der Waals surface area contributed by atoms with Crippen LogP contribution < -0.4 is 5.32 Å². The molecule has 1 aromatic carbocycles. The van der Waals surface area contributed by atoms with Gasteiger partial charge in [-0.05, 0) is 49.9 Å². The molecule has 2 aromatic heterocycles. The smallest absolute Gasteiger partial charge is 0.228 e. The van der Waals surface area contributed by atoms with E-state index in [1.165, 1.54) is 11.8 Å². The molecule has 0 atom stereocenters. The number of nitrogens with zero attached hydrogens (tertiary/aromatic N) is 5. The average Bonchev–Trinajstić information content (AvgIpc) is 3.08. The zero-order chi connectivity index (χ0) is 18.0. The van der Waals surface area contributed by atoms with Gasteiger partial charge in [-0.2, -0.15) is 5.10 Å². The Balaban J connectivity index is 1.63. The topological polar surface area (TPSA) is 77.6 Å². The van der Waals surface area contributed by atoms with Gasteiger partial charge in [-0.1, -0.05) is 0 Å². The number of aromatic nitrogens is 5. The molecule has 0 bridgehead atoms. The highest BCUT2D eigenvalue weighted by Gasteiger charge is 2.13. The molecule has 0 aliphatic carbocycles. The highest BCUT2D eigenvalue weighted by Crippen LogP contribution is 2.26. The van der Waals surface area contributed by atoms with Gasteiger partial charge in [0, 0.05) is 35.9 Å². The van der Waals surface area contributed by atoms with Crippen LogP contribution in [0.3, 0.4) is 0 Å². The van der Waals surface area contributed by atoms with Gasteiger partial charge in [-0.3, -0.25) is 9.48 Å². The number of nitrogens with one attached hydrogen (secondary N) is 1. The lowest BCUT2D eigenvalue weighted by molar-refractivity contribution is -0.115. The van der Waals surface area contributed by atoms with Gasteiger partial charge in [-0.25, -0.2) is 0 Å². The van der Waals surface area contributed by atoms with Crippen molar-refractivity contribution in [3.8, 4) is 0 Å². The molecular weight excluding hydrogens is 336 g/mol. The lowest BCUT2D eigenvalue weighted by Crippen LogP contribution is -2.15. The van der Waals surface area contributed by atoms with Crippen molar-refractivity contribution in [2.75, 3.05) is 5.32 Å². The molecule has 2 heterocycles. The molecule has 0 unspecified atom stereocenters. The molecule has 0 aliphatic heterocycles. The van der Waals surface area contributed by atoms with Crippen LogP contribution in [0.4, 0.5) is 5.69 Å². The molecule has 25 heavy (non-hydrogen) atoms. The number of benzene rings is 1. The van der Waals surface area contributed by atoms with Crippen LogP contribution in [-0.4, -0.2) is 30.5 Å². The third kappa shape index (κ3) is 3.90. The highest BCUT2D eigenvalue weighted by molar-refractivity contribution is 7.99. The first kappa shape index (κ1) is 17.2. The monoisotopic (exact) mass is 356 g/mol. The van der Waals surface area contributed by atoms with E-state index in [0.29, 0.717) is 6.42 Å². The minimum atomic E-state index is -0.0482. The summed E-state index contributed by atoms with van der Waals surface area (Å²) < 4.78 is 3.66. The Hall–Kier alpha value is -2.61. The summed E-state index contributed by atoms with van der Waals surface area (Å²) in [6.45, 7) is 3.90. The second-order valence-corrected chi connectivity index (χ2v) is 6.89. The first-order valence-corrected chi connectivity index (χ1v) is 8.66. The Morgan fingerprint density at radius 1 is 1.20 bits per heavy atom. The van der Waals surface area contributed by atoms with Gasteiger partial charge in [-0.15, -0.1) is 10.2 Å². The van der Waals surface area contributed by atoms with Crippen molar-refractivity contribution in [1.29, 1.82) is 0 Å². The summed E-state index contributed by atoms with van der Waals surface area (Å²) in [7, 11) is 3.79. The predicted octanol–water partition coefficient (Wildman–Crippen LogP) is 2.50. The number of anilines is 1. The molecule has 3 aromatic rings. The highest BCUT2D eigenvalue weighted by atomic mass is 32.2. The van der Waals surface area contributed by atoms with E-state index < -0.39 is 0 Å². The summed E-state index contributed by atoms with van der Waals surface area (Å²) in [6, 6.07) is 7.68. The number of hydrogen-bond acceptors (Lipinski definition) is 5. The van der Waals surface area contributed by atoms with Crippen molar-refractivity contribution in [3.63, 3.8) is 0 Å². The molecule has 8 heteroatoms. The van der Waals surface area contributed by atoms with Gasteiger partial charge in [0.1, 0.15) is 6.33 Å². The van der Waals surface area contributed by atoms with Gasteiger partial charge >= 0.3 is 0 Å². The summed E-state index contributed by atoms with van der Waals surface area (Å²) in [6.07, 6.45) is 1.99. The van der Waals surface area contributed by atoms with Crippen LogP contribution in [0.1, 0.15) is 17.0 Å². The van der Waals surface area contributed by atoms with Crippen LogP contribution >= 0.6 is 11.8 Å². The minimum Gasteiger partial charge on any atom is -0.326 e. The number of rotatable bonds is 5. The predicted molar refractivity (Wildman–Crippen MR) is 96.6 cm³/mol. The quantitative estimate of drug-likeness (QED) is 0.760.